The van der Waals surface area contributed by atoms with Crippen molar-refractivity contribution in [3.63, 3.8) is 0 Å². The van der Waals surface area contributed by atoms with Gasteiger partial charge in [0.05, 0.1) is 17.1 Å². The fourth-order valence-electron chi connectivity index (χ4n) is 4.17. The van der Waals surface area contributed by atoms with E-state index in [1.54, 1.807) is 4.52 Å². The summed E-state index contributed by atoms with van der Waals surface area (Å²) in [7, 11) is 2.17. The highest BCUT2D eigenvalue weighted by atomic mass is 32.1. The van der Waals surface area contributed by atoms with E-state index >= 15 is 0 Å². The highest BCUT2D eigenvalue weighted by Gasteiger charge is 2.34. The number of hydrogen-bond acceptors (Lipinski definition) is 8. The third kappa shape index (κ3) is 3.66. The first kappa shape index (κ1) is 20.4. The number of anilines is 3. The van der Waals surface area contributed by atoms with Crippen LogP contribution in [-0.2, 0) is 4.79 Å². The first-order valence-corrected chi connectivity index (χ1v) is 11.3. The van der Waals surface area contributed by atoms with Crippen LogP contribution in [0.4, 0.5) is 17.5 Å². The summed E-state index contributed by atoms with van der Waals surface area (Å²) >= 11 is 1.49. The lowest BCUT2D eigenvalue weighted by atomic mass is 10.1. The molecule has 0 radical (unpaired) electrons. The summed E-state index contributed by atoms with van der Waals surface area (Å²) in [4.78, 5) is 28.9. The van der Waals surface area contributed by atoms with E-state index in [1.165, 1.54) is 23.4 Å². The summed E-state index contributed by atoms with van der Waals surface area (Å²) in [6.07, 6.45) is 3.65. The van der Waals surface area contributed by atoms with E-state index in [-0.39, 0.29) is 0 Å². The van der Waals surface area contributed by atoms with Gasteiger partial charge in [-0.3, -0.25) is 15.1 Å². The van der Waals surface area contributed by atoms with Crippen LogP contribution in [0.25, 0.3) is 16.2 Å². The largest absolute Gasteiger partial charge is 0.366 e. The van der Waals surface area contributed by atoms with E-state index in [4.69, 9.17) is 4.98 Å². The minimum absolute atomic E-state index is 0.347. The zero-order valence-corrected chi connectivity index (χ0v) is 19.0. The van der Waals surface area contributed by atoms with Crippen molar-refractivity contribution in [2.45, 2.75) is 26.3 Å². The molecule has 1 fully saturated rings. The Morgan fingerprint density at radius 3 is 2.88 bits per heavy atom. The normalized spacial score (nSPS) is 16.5. The Bertz CT molecular complexity index is 1280. The van der Waals surface area contributed by atoms with E-state index in [1.807, 2.05) is 31.5 Å². The maximum atomic E-state index is 10.1. The molecule has 32 heavy (non-hydrogen) atoms. The summed E-state index contributed by atoms with van der Waals surface area (Å²) in [6, 6.07) is 9.07. The summed E-state index contributed by atoms with van der Waals surface area (Å²) < 4.78 is 1.69. The first-order valence-electron chi connectivity index (χ1n) is 10.5. The molecule has 1 saturated heterocycles. The van der Waals surface area contributed by atoms with Crippen LogP contribution in [0, 0.1) is 13.8 Å². The Morgan fingerprint density at radius 2 is 2.09 bits per heavy atom. The average molecular weight is 449 g/mol. The van der Waals surface area contributed by atoms with Crippen LogP contribution in [0.3, 0.4) is 0 Å². The molecular weight excluding hydrogens is 424 g/mol. The van der Waals surface area contributed by atoms with Crippen LogP contribution in [0.5, 0.6) is 0 Å². The van der Waals surface area contributed by atoms with Crippen molar-refractivity contribution in [1.82, 2.24) is 24.6 Å². The number of nitrogens with zero attached hydrogens (tertiary/aromatic N) is 7. The Kier molecular flexibility index (Phi) is 5.22. The van der Waals surface area contributed by atoms with E-state index in [0.717, 1.165) is 46.5 Å². The van der Waals surface area contributed by atoms with Crippen molar-refractivity contribution in [3.8, 4) is 11.3 Å². The van der Waals surface area contributed by atoms with Gasteiger partial charge in [0.2, 0.25) is 17.3 Å². The molecule has 1 atom stereocenters. The van der Waals surface area contributed by atoms with Gasteiger partial charge in [0.15, 0.2) is 5.82 Å². The number of thiazole rings is 1. The smallest absolute Gasteiger partial charge is 0.250 e. The van der Waals surface area contributed by atoms with Gasteiger partial charge in [-0.2, -0.15) is 4.98 Å². The van der Waals surface area contributed by atoms with Crippen LogP contribution < -0.4 is 15.1 Å². The van der Waals surface area contributed by atoms with Crippen molar-refractivity contribution in [1.29, 1.82) is 0 Å². The summed E-state index contributed by atoms with van der Waals surface area (Å²) in [5, 5.41) is 8.39. The Balaban J connectivity index is 0.000000154. The number of likely N-dealkylation sites (N-methyl/N-ethyl adjacent to an activating group) is 1. The van der Waals surface area contributed by atoms with E-state index in [9.17, 15) is 4.79 Å². The second-order valence-electron chi connectivity index (χ2n) is 7.99. The van der Waals surface area contributed by atoms with Crippen LogP contribution in [-0.4, -0.2) is 57.2 Å². The zero-order chi connectivity index (χ0) is 22.2. The lowest BCUT2D eigenvalue weighted by Crippen LogP contribution is -2.40. The molecule has 6 rings (SSSR count). The number of hydrogen-bond donors (Lipinski definition) is 1. The van der Waals surface area contributed by atoms with Gasteiger partial charge in [0, 0.05) is 49.0 Å². The van der Waals surface area contributed by atoms with Crippen LogP contribution in [0.15, 0.2) is 35.8 Å². The molecule has 1 unspecified atom stereocenters. The van der Waals surface area contributed by atoms with Crippen LogP contribution in [0.1, 0.15) is 17.8 Å². The number of amides is 1. The lowest BCUT2D eigenvalue weighted by molar-refractivity contribution is -0.105. The minimum Gasteiger partial charge on any atom is -0.366 e. The van der Waals surface area contributed by atoms with Gasteiger partial charge in [-0.15, -0.1) is 16.4 Å². The second-order valence-corrected chi connectivity index (χ2v) is 8.83. The predicted molar refractivity (Wildman–Crippen MR) is 127 cm³/mol. The number of rotatable bonds is 3. The van der Waals surface area contributed by atoms with Crippen molar-refractivity contribution in [3.05, 3.63) is 47.2 Å². The van der Waals surface area contributed by atoms with Crippen LogP contribution in [0.2, 0.25) is 0 Å². The Hall–Kier alpha value is -3.53. The third-order valence-electron chi connectivity index (χ3n) is 5.87. The predicted octanol–water partition coefficient (Wildman–Crippen LogP) is 3.15. The number of aromatic nitrogens is 5. The summed E-state index contributed by atoms with van der Waals surface area (Å²) in [6.45, 7) is 6.24. The maximum absolute atomic E-state index is 10.1. The number of carbonyl (C=O) groups excluding carboxylic acids is 1. The first-order chi connectivity index (χ1) is 15.5. The molecule has 0 aliphatic carbocycles. The zero-order valence-electron chi connectivity index (χ0n) is 18.2. The molecule has 0 aromatic carbocycles. The van der Waals surface area contributed by atoms with E-state index < -0.39 is 0 Å². The highest BCUT2D eigenvalue weighted by molar-refractivity contribution is 7.15. The molecule has 1 N–H and O–H groups in total. The van der Waals surface area contributed by atoms with Gasteiger partial charge in [-0.05, 0) is 44.5 Å². The van der Waals surface area contributed by atoms with Gasteiger partial charge in [-0.1, -0.05) is 0 Å². The quantitative estimate of drug-likeness (QED) is 0.482. The lowest BCUT2D eigenvalue weighted by Gasteiger charge is -2.34. The number of aryl methyl sites for hydroxylation is 2. The molecule has 164 valence electrons. The van der Waals surface area contributed by atoms with Gasteiger partial charge >= 0.3 is 0 Å². The van der Waals surface area contributed by atoms with Crippen molar-refractivity contribution in [2.24, 2.45) is 0 Å². The number of carbonyl (C=O) groups is 1. The topological polar surface area (TPSA) is 91.5 Å². The average Bonchev–Trinajstić information content (AvgIpc) is 3.50. The van der Waals surface area contributed by atoms with Gasteiger partial charge in [0.1, 0.15) is 0 Å². The standard InChI is InChI=1S/C16H18N4.C6H6N4OS/c1-11-9-12(5-7-17-11)14-3-4-15-16(18-14)19(2)13-6-8-20(15)10-13;1-4-2-12-6-8-5(7-3-11)9-10(4)6/h3-5,7,9,13H,6,8,10H2,1-2H3;2-3H,1H3,(H,7,9,11). The van der Waals surface area contributed by atoms with E-state index in [2.05, 4.69) is 55.4 Å². The minimum atomic E-state index is 0.347. The molecule has 2 aliphatic heterocycles. The fraction of sp³-hybridized carbons (Fsp3) is 0.318. The molecule has 4 aromatic rings. The molecule has 9 nitrogen and oxygen atoms in total. The Labute approximate surface area is 189 Å². The molecule has 1 amide bonds. The third-order valence-corrected chi connectivity index (χ3v) is 6.80. The fourth-order valence-corrected chi connectivity index (χ4v) is 4.97. The number of nitrogens with one attached hydrogen (secondary N) is 1. The van der Waals surface area contributed by atoms with Gasteiger partial charge in [0.25, 0.3) is 0 Å². The van der Waals surface area contributed by atoms with Gasteiger partial charge in [-0.25, -0.2) is 9.50 Å². The van der Waals surface area contributed by atoms with Crippen molar-refractivity contribution >= 4 is 40.2 Å². The SMILES string of the molecule is Cc1cc(-c2ccc3c(n2)N(C)C2CCN3C2)ccn1.Cc1csc2nc(NC=O)nn12. The van der Waals surface area contributed by atoms with Crippen LogP contribution >= 0.6 is 11.3 Å². The molecule has 4 aromatic heterocycles. The summed E-state index contributed by atoms with van der Waals surface area (Å²) in [5.41, 5.74) is 5.49. The maximum Gasteiger partial charge on any atom is 0.250 e. The monoisotopic (exact) mass is 448 g/mol. The molecule has 6 heterocycles. The number of pyridine rings is 2. The second kappa shape index (κ2) is 8.19. The van der Waals surface area contributed by atoms with Crippen molar-refractivity contribution < 1.29 is 4.79 Å². The molecular formula is C22H24N8OS. The Morgan fingerprint density at radius 1 is 1.22 bits per heavy atom. The highest BCUT2D eigenvalue weighted by Crippen LogP contribution is 2.38. The molecule has 0 spiro atoms. The molecule has 2 bridgehead atoms. The molecule has 10 heteroatoms. The molecule has 2 aliphatic rings. The number of fused-ring (bicyclic) bond motifs is 5. The molecule has 0 saturated carbocycles. The van der Waals surface area contributed by atoms with E-state index in [0.29, 0.717) is 18.4 Å². The van der Waals surface area contributed by atoms with Gasteiger partial charge < -0.3 is 9.80 Å². The summed E-state index contributed by atoms with van der Waals surface area (Å²) in [5.74, 6) is 1.46. The van der Waals surface area contributed by atoms with Crippen molar-refractivity contribution in [2.75, 3.05) is 35.3 Å².